The molecule has 0 spiro atoms. The summed E-state index contributed by atoms with van der Waals surface area (Å²) in [6, 6.07) is 0.344. The predicted octanol–water partition coefficient (Wildman–Crippen LogP) is 0.533. The van der Waals surface area contributed by atoms with E-state index < -0.39 is 0 Å². The number of methoxy groups -OCH3 is 1. The summed E-state index contributed by atoms with van der Waals surface area (Å²) < 4.78 is 15.0. The van der Waals surface area contributed by atoms with Gasteiger partial charge in [0.1, 0.15) is 6.61 Å². The number of nitrogens with zero attached hydrogens (tertiary/aromatic N) is 1. The van der Waals surface area contributed by atoms with E-state index >= 15 is 0 Å². The minimum absolute atomic E-state index is 0.0281. The number of carbonyl (C=O) groups excluding carboxylic acids is 1. The van der Waals surface area contributed by atoms with Crippen molar-refractivity contribution in [3.05, 3.63) is 0 Å². The molecule has 0 aromatic carbocycles. The highest BCUT2D eigenvalue weighted by Crippen LogP contribution is 1.95. The molecule has 5 nitrogen and oxygen atoms in total. The number of hydrogen-bond donors (Lipinski definition) is 0. The lowest BCUT2D eigenvalue weighted by Crippen LogP contribution is -2.35. The van der Waals surface area contributed by atoms with E-state index in [4.69, 9.17) is 14.2 Å². The molecule has 0 aromatic heterocycles. The van der Waals surface area contributed by atoms with Crippen LogP contribution in [0.4, 0.5) is 0 Å². The molecular formula is C11H23NO4. The van der Waals surface area contributed by atoms with Crippen LogP contribution in [0.3, 0.4) is 0 Å². The summed E-state index contributed by atoms with van der Waals surface area (Å²) >= 11 is 0. The monoisotopic (exact) mass is 233 g/mol. The third kappa shape index (κ3) is 7.62. The number of carbonyl (C=O) groups is 1. The summed E-state index contributed by atoms with van der Waals surface area (Å²) in [5.74, 6) is -0.310. The minimum atomic E-state index is -0.310. The maximum Gasteiger partial charge on any atom is 0.332 e. The lowest BCUT2D eigenvalue weighted by Gasteiger charge is -2.23. The Morgan fingerprint density at radius 2 is 2.12 bits per heavy atom. The molecular weight excluding hydrogens is 210 g/mol. The van der Waals surface area contributed by atoms with Crippen LogP contribution in [-0.4, -0.2) is 64.0 Å². The van der Waals surface area contributed by atoms with Gasteiger partial charge in [-0.15, -0.1) is 0 Å². The molecule has 5 heteroatoms. The fourth-order valence-corrected chi connectivity index (χ4v) is 1.16. The molecule has 0 heterocycles. The van der Waals surface area contributed by atoms with Crippen molar-refractivity contribution in [2.24, 2.45) is 0 Å². The molecule has 0 fully saturated rings. The molecule has 16 heavy (non-hydrogen) atoms. The van der Waals surface area contributed by atoms with Gasteiger partial charge < -0.3 is 14.2 Å². The van der Waals surface area contributed by atoms with Gasteiger partial charge in [0.25, 0.3) is 0 Å². The molecule has 0 saturated carbocycles. The first-order valence-corrected chi connectivity index (χ1v) is 5.54. The zero-order chi connectivity index (χ0) is 12.4. The Balaban J connectivity index is 3.47. The Hall–Kier alpha value is -0.650. The van der Waals surface area contributed by atoms with Gasteiger partial charge in [0.15, 0.2) is 0 Å². The third-order valence-electron chi connectivity index (χ3n) is 2.27. The highest BCUT2D eigenvalue weighted by atomic mass is 16.6. The van der Waals surface area contributed by atoms with E-state index in [1.807, 2.05) is 7.05 Å². The van der Waals surface area contributed by atoms with Crippen LogP contribution in [0, 0.1) is 0 Å². The topological polar surface area (TPSA) is 48.0 Å². The summed E-state index contributed by atoms with van der Waals surface area (Å²) in [6.45, 7) is 6.25. The molecule has 0 radical (unpaired) electrons. The van der Waals surface area contributed by atoms with E-state index in [9.17, 15) is 4.79 Å². The van der Waals surface area contributed by atoms with Gasteiger partial charge in [0.2, 0.25) is 0 Å². The van der Waals surface area contributed by atoms with E-state index in [0.29, 0.717) is 25.9 Å². The van der Waals surface area contributed by atoms with Crippen LogP contribution >= 0.6 is 0 Å². The van der Waals surface area contributed by atoms with Crippen molar-refractivity contribution in [2.75, 3.05) is 47.1 Å². The highest BCUT2D eigenvalue weighted by Gasteiger charge is 2.08. The fourth-order valence-electron chi connectivity index (χ4n) is 1.16. The second-order valence-electron chi connectivity index (χ2n) is 3.64. The standard InChI is InChI=1S/C11H23NO4/c1-5-16-11(13)9-15-7-6-12(3)10(2)8-14-4/h10H,5-9H2,1-4H3. The van der Waals surface area contributed by atoms with Crippen LogP contribution in [0.25, 0.3) is 0 Å². The van der Waals surface area contributed by atoms with Gasteiger partial charge in [-0.1, -0.05) is 0 Å². The van der Waals surface area contributed by atoms with E-state index in [1.54, 1.807) is 14.0 Å². The molecule has 1 atom stereocenters. The molecule has 0 aliphatic heterocycles. The summed E-state index contributed by atoms with van der Waals surface area (Å²) in [6.07, 6.45) is 0. The van der Waals surface area contributed by atoms with Crippen molar-refractivity contribution in [2.45, 2.75) is 19.9 Å². The summed E-state index contributed by atoms with van der Waals surface area (Å²) in [5.41, 5.74) is 0. The highest BCUT2D eigenvalue weighted by molar-refractivity contribution is 5.70. The summed E-state index contributed by atoms with van der Waals surface area (Å²) in [4.78, 5) is 13.1. The average molecular weight is 233 g/mol. The molecule has 1 unspecified atom stereocenters. The third-order valence-corrected chi connectivity index (χ3v) is 2.27. The Bertz CT molecular complexity index is 187. The number of esters is 1. The first kappa shape index (κ1) is 15.3. The molecule has 0 aliphatic carbocycles. The molecule has 0 bridgehead atoms. The van der Waals surface area contributed by atoms with Gasteiger partial charge in [-0.25, -0.2) is 4.79 Å². The fraction of sp³-hybridized carbons (Fsp3) is 0.909. The Morgan fingerprint density at radius 3 is 2.69 bits per heavy atom. The van der Waals surface area contributed by atoms with Crippen LogP contribution in [0.1, 0.15) is 13.8 Å². The molecule has 96 valence electrons. The number of likely N-dealkylation sites (N-methyl/N-ethyl adjacent to an activating group) is 1. The zero-order valence-electron chi connectivity index (χ0n) is 10.7. The van der Waals surface area contributed by atoms with Crippen molar-refractivity contribution < 1.29 is 19.0 Å². The molecule has 0 rings (SSSR count). The number of ether oxygens (including phenoxy) is 3. The van der Waals surface area contributed by atoms with E-state index in [-0.39, 0.29) is 12.6 Å². The average Bonchev–Trinajstić information content (AvgIpc) is 2.24. The molecule has 0 N–H and O–H groups in total. The van der Waals surface area contributed by atoms with Crippen molar-refractivity contribution in [1.29, 1.82) is 0 Å². The quantitative estimate of drug-likeness (QED) is 0.429. The van der Waals surface area contributed by atoms with Crippen LogP contribution in [0.15, 0.2) is 0 Å². The molecule has 0 saturated heterocycles. The van der Waals surface area contributed by atoms with E-state index in [2.05, 4.69) is 11.8 Å². The molecule has 0 amide bonds. The predicted molar refractivity (Wildman–Crippen MR) is 61.4 cm³/mol. The van der Waals surface area contributed by atoms with Crippen molar-refractivity contribution in [3.63, 3.8) is 0 Å². The second-order valence-corrected chi connectivity index (χ2v) is 3.64. The lowest BCUT2D eigenvalue weighted by molar-refractivity contribution is -0.148. The van der Waals surface area contributed by atoms with E-state index in [1.165, 1.54) is 0 Å². The lowest BCUT2D eigenvalue weighted by atomic mass is 10.3. The first-order valence-electron chi connectivity index (χ1n) is 5.54. The SMILES string of the molecule is CCOC(=O)COCCN(C)C(C)COC. The molecule has 0 aromatic rings. The van der Waals surface area contributed by atoms with Crippen LogP contribution in [0.5, 0.6) is 0 Å². The normalized spacial score (nSPS) is 12.8. The second kappa shape index (κ2) is 9.57. The van der Waals surface area contributed by atoms with Gasteiger partial charge in [0, 0.05) is 19.7 Å². The Morgan fingerprint density at radius 1 is 1.44 bits per heavy atom. The Kier molecular flexibility index (Phi) is 9.18. The van der Waals surface area contributed by atoms with Gasteiger partial charge in [0.05, 0.1) is 19.8 Å². The van der Waals surface area contributed by atoms with Gasteiger partial charge >= 0.3 is 5.97 Å². The zero-order valence-corrected chi connectivity index (χ0v) is 10.7. The molecule has 0 aliphatic rings. The number of hydrogen-bond acceptors (Lipinski definition) is 5. The number of rotatable bonds is 9. The Labute approximate surface area is 97.7 Å². The van der Waals surface area contributed by atoms with Crippen LogP contribution < -0.4 is 0 Å². The summed E-state index contributed by atoms with van der Waals surface area (Å²) in [7, 11) is 3.68. The van der Waals surface area contributed by atoms with Crippen molar-refractivity contribution in [1.82, 2.24) is 4.90 Å². The minimum Gasteiger partial charge on any atom is -0.464 e. The maximum atomic E-state index is 10.9. The van der Waals surface area contributed by atoms with Gasteiger partial charge in [-0.3, -0.25) is 4.90 Å². The van der Waals surface area contributed by atoms with Crippen LogP contribution in [-0.2, 0) is 19.0 Å². The maximum absolute atomic E-state index is 10.9. The van der Waals surface area contributed by atoms with Gasteiger partial charge in [-0.2, -0.15) is 0 Å². The summed E-state index contributed by atoms with van der Waals surface area (Å²) in [5, 5.41) is 0. The van der Waals surface area contributed by atoms with E-state index in [0.717, 1.165) is 6.54 Å². The van der Waals surface area contributed by atoms with Crippen LogP contribution in [0.2, 0.25) is 0 Å². The largest absolute Gasteiger partial charge is 0.464 e. The smallest absolute Gasteiger partial charge is 0.332 e. The van der Waals surface area contributed by atoms with Crippen molar-refractivity contribution >= 4 is 5.97 Å². The van der Waals surface area contributed by atoms with Crippen molar-refractivity contribution in [3.8, 4) is 0 Å². The first-order chi connectivity index (χ1) is 7.61. The van der Waals surface area contributed by atoms with Gasteiger partial charge in [-0.05, 0) is 20.9 Å².